The third-order valence-electron chi connectivity index (χ3n) is 5.41. The lowest BCUT2D eigenvalue weighted by Crippen LogP contribution is -2.48. The second-order valence-electron chi connectivity index (χ2n) is 7.03. The summed E-state index contributed by atoms with van der Waals surface area (Å²) in [5.41, 5.74) is 2.53. The van der Waals surface area contributed by atoms with E-state index < -0.39 is 5.54 Å². The van der Waals surface area contributed by atoms with Crippen molar-refractivity contribution >= 4 is 24.1 Å². The first-order chi connectivity index (χ1) is 12.9. The van der Waals surface area contributed by atoms with Crippen LogP contribution in [0.25, 0.3) is 16.7 Å². The lowest BCUT2D eigenvalue weighted by Gasteiger charge is -2.33. The van der Waals surface area contributed by atoms with Gasteiger partial charge in [-0.1, -0.05) is 24.3 Å². The van der Waals surface area contributed by atoms with E-state index in [2.05, 4.69) is 17.9 Å². The van der Waals surface area contributed by atoms with E-state index in [1.807, 2.05) is 19.1 Å². The van der Waals surface area contributed by atoms with Gasteiger partial charge in [0, 0.05) is 36.5 Å². The smallest absolute Gasteiger partial charge is 0.256 e. The van der Waals surface area contributed by atoms with E-state index in [0.29, 0.717) is 36.5 Å². The summed E-state index contributed by atoms with van der Waals surface area (Å²) in [7, 11) is 0. The first-order valence-corrected chi connectivity index (χ1v) is 9.30. The Hall–Kier alpha value is -2.31. The molecule has 0 radical (unpaired) electrons. The Morgan fingerprint density at radius 1 is 1.15 bits per heavy atom. The van der Waals surface area contributed by atoms with Gasteiger partial charge in [0.25, 0.3) is 5.91 Å². The first kappa shape index (κ1) is 18.1. The molecule has 1 saturated heterocycles. The molecular formula is C21H20FNO3S. The fraction of sp³-hybridized carbons (Fsp3) is 0.286. The molecule has 0 atom stereocenters. The summed E-state index contributed by atoms with van der Waals surface area (Å²) in [6, 6.07) is 9.90. The summed E-state index contributed by atoms with van der Waals surface area (Å²) in [6.45, 7) is 2.85. The maximum absolute atomic E-state index is 13.3. The minimum Gasteiger partial charge on any atom is -0.509 e. The summed E-state index contributed by atoms with van der Waals surface area (Å²) in [5.74, 6) is -0.557. The van der Waals surface area contributed by atoms with E-state index >= 15 is 0 Å². The standard InChI is InChI=1S/C21H20FNO3S/c1-12-2-7-15(13-3-5-14(22)6-4-13)18(27)16(12)17-19(24)21(23-20(17)25)8-10-26-11-9-21/h2-7,24,27H,8-11H2,1H3,(H,23,25). The number of amides is 1. The summed E-state index contributed by atoms with van der Waals surface area (Å²) in [5, 5.41) is 14.0. The molecular weight excluding hydrogens is 365 g/mol. The zero-order chi connectivity index (χ0) is 19.2. The van der Waals surface area contributed by atoms with Crippen LogP contribution < -0.4 is 5.32 Å². The average molecular weight is 385 g/mol. The molecule has 0 unspecified atom stereocenters. The predicted octanol–water partition coefficient (Wildman–Crippen LogP) is 4.04. The molecule has 2 aromatic rings. The Kier molecular flexibility index (Phi) is 4.48. The highest BCUT2D eigenvalue weighted by Gasteiger charge is 2.47. The van der Waals surface area contributed by atoms with E-state index in [-0.39, 0.29) is 23.1 Å². The highest BCUT2D eigenvalue weighted by molar-refractivity contribution is 7.80. The van der Waals surface area contributed by atoms with Gasteiger partial charge in [-0.3, -0.25) is 4.79 Å². The van der Waals surface area contributed by atoms with E-state index in [1.165, 1.54) is 12.1 Å². The average Bonchev–Trinajstić information content (AvgIpc) is 2.88. The number of aliphatic hydroxyl groups excluding tert-OH is 1. The number of benzene rings is 2. The molecule has 1 fully saturated rings. The van der Waals surface area contributed by atoms with Gasteiger partial charge in [-0.15, -0.1) is 12.6 Å². The van der Waals surface area contributed by atoms with Crippen molar-refractivity contribution in [3.8, 4) is 11.1 Å². The maximum Gasteiger partial charge on any atom is 0.256 e. The number of hydrogen-bond donors (Lipinski definition) is 3. The van der Waals surface area contributed by atoms with Crippen molar-refractivity contribution in [1.29, 1.82) is 0 Å². The summed E-state index contributed by atoms with van der Waals surface area (Å²) in [6.07, 6.45) is 1.07. The van der Waals surface area contributed by atoms with Crippen LogP contribution in [0.1, 0.15) is 24.0 Å². The second-order valence-corrected chi connectivity index (χ2v) is 7.48. The molecule has 0 saturated carbocycles. The van der Waals surface area contributed by atoms with Gasteiger partial charge in [-0.05, 0) is 35.7 Å². The number of carbonyl (C=O) groups excluding carboxylic acids is 1. The first-order valence-electron chi connectivity index (χ1n) is 8.86. The number of nitrogens with one attached hydrogen (secondary N) is 1. The largest absolute Gasteiger partial charge is 0.509 e. The van der Waals surface area contributed by atoms with Gasteiger partial charge >= 0.3 is 0 Å². The highest BCUT2D eigenvalue weighted by Crippen LogP contribution is 2.42. The van der Waals surface area contributed by atoms with Crippen LogP contribution in [0.15, 0.2) is 47.1 Å². The molecule has 2 heterocycles. The third kappa shape index (κ3) is 2.93. The molecule has 1 amide bonds. The fourth-order valence-electron chi connectivity index (χ4n) is 3.87. The molecule has 2 aliphatic rings. The minimum absolute atomic E-state index is 0.0606. The molecule has 27 heavy (non-hydrogen) atoms. The van der Waals surface area contributed by atoms with Gasteiger partial charge < -0.3 is 15.2 Å². The Morgan fingerprint density at radius 3 is 2.48 bits per heavy atom. The number of aliphatic hydroxyl groups is 1. The topological polar surface area (TPSA) is 58.6 Å². The van der Waals surface area contributed by atoms with Crippen molar-refractivity contribution in [3.63, 3.8) is 0 Å². The number of ether oxygens (including phenoxy) is 1. The number of hydrogen-bond acceptors (Lipinski definition) is 4. The van der Waals surface area contributed by atoms with Crippen molar-refractivity contribution in [2.75, 3.05) is 13.2 Å². The van der Waals surface area contributed by atoms with E-state index in [4.69, 9.17) is 4.74 Å². The van der Waals surface area contributed by atoms with Crippen LogP contribution in [0, 0.1) is 12.7 Å². The Morgan fingerprint density at radius 2 is 1.81 bits per heavy atom. The molecule has 2 N–H and O–H groups in total. The van der Waals surface area contributed by atoms with Crippen LogP contribution >= 0.6 is 12.6 Å². The Balaban J connectivity index is 1.87. The van der Waals surface area contributed by atoms with Gasteiger partial charge in [-0.2, -0.15) is 0 Å². The van der Waals surface area contributed by atoms with Crippen LogP contribution in [0.5, 0.6) is 0 Å². The summed E-state index contributed by atoms with van der Waals surface area (Å²) in [4.78, 5) is 13.4. The van der Waals surface area contributed by atoms with Gasteiger partial charge in [0.15, 0.2) is 0 Å². The zero-order valence-electron chi connectivity index (χ0n) is 14.9. The van der Waals surface area contributed by atoms with Crippen molar-refractivity contribution in [2.45, 2.75) is 30.2 Å². The Bertz CT molecular complexity index is 947. The molecule has 140 valence electrons. The summed E-state index contributed by atoms with van der Waals surface area (Å²) < 4.78 is 18.7. The molecule has 2 aromatic carbocycles. The lowest BCUT2D eigenvalue weighted by atomic mass is 9.87. The lowest BCUT2D eigenvalue weighted by molar-refractivity contribution is -0.117. The van der Waals surface area contributed by atoms with Crippen LogP contribution in [0.3, 0.4) is 0 Å². The quantitative estimate of drug-likeness (QED) is 0.684. The van der Waals surface area contributed by atoms with Crippen LogP contribution in [0.2, 0.25) is 0 Å². The van der Waals surface area contributed by atoms with Crippen molar-refractivity contribution < 1.29 is 19.0 Å². The SMILES string of the molecule is Cc1ccc(-c2ccc(F)cc2)c(S)c1C1=C(O)C2(CCOCC2)NC1=O. The number of rotatable bonds is 2. The van der Waals surface area contributed by atoms with Gasteiger partial charge in [0.05, 0.1) is 5.57 Å². The number of carbonyl (C=O) groups is 1. The molecule has 4 rings (SSSR count). The molecule has 0 aliphatic carbocycles. The molecule has 4 nitrogen and oxygen atoms in total. The predicted molar refractivity (Wildman–Crippen MR) is 104 cm³/mol. The normalized spacial score (nSPS) is 18.9. The van der Waals surface area contributed by atoms with E-state index in [1.54, 1.807) is 12.1 Å². The molecule has 6 heteroatoms. The van der Waals surface area contributed by atoms with Gasteiger partial charge in [-0.25, -0.2) is 4.39 Å². The van der Waals surface area contributed by atoms with Crippen molar-refractivity contribution in [1.82, 2.24) is 5.32 Å². The minimum atomic E-state index is -0.761. The Labute approximate surface area is 162 Å². The van der Waals surface area contributed by atoms with Crippen molar-refractivity contribution in [2.24, 2.45) is 0 Å². The highest BCUT2D eigenvalue weighted by atomic mass is 32.1. The van der Waals surface area contributed by atoms with Crippen molar-refractivity contribution in [3.05, 3.63) is 59.1 Å². The number of halogens is 1. The monoisotopic (exact) mass is 385 g/mol. The second kappa shape index (κ2) is 6.69. The molecule has 1 spiro atoms. The van der Waals surface area contributed by atoms with Crippen LogP contribution in [-0.4, -0.2) is 29.8 Å². The number of thiol groups is 1. The third-order valence-corrected chi connectivity index (χ3v) is 5.87. The fourth-order valence-corrected chi connectivity index (χ4v) is 4.36. The van der Waals surface area contributed by atoms with Crippen LogP contribution in [0.4, 0.5) is 4.39 Å². The van der Waals surface area contributed by atoms with Gasteiger partial charge in [0.2, 0.25) is 0 Å². The van der Waals surface area contributed by atoms with E-state index in [9.17, 15) is 14.3 Å². The van der Waals surface area contributed by atoms with Gasteiger partial charge in [0.1, 0.15) is 17.1 Å². The molecule has 0 bridgehead atoms. The maximum atomic E-state index is 13.3. The number of aryl methyl sites for hydroxylation is 1. The summed E-state index contributed by atoms with van der Waals surface area (Å²) >= 11 is 4.68. The molecule has 2 aliphatic heterocycles. The van der Waals surface area contributed by atoms with Crippen LogP contribution in [-0.2, 0) is 9.53 Å². The zero-order valence-corrected chi connectivity index (χ0v) is 15.8. The molecule has 0 aromatic heterocycles. The van der Waals surface area contributed by atoms with E-state index in [0.717, 1.165) is 16.7 Å².